The van der Waals surface area contributed by atoms with Crippen LogP contribution in [0.15, 0.2) is 0 Å². The average Bonchev–Trinajstić information content (AvgIpc) is 1.83. The normalized spacial score (nSPS) is 13.9. The first-order valence-electron chi connectivity index (χ1n) is 3.41. The van der Waals surface area contributed by atoms with E-state index in [0.717, 1.165) is 11.8 Å². The van der Waals surface area contributed by atoms with Gasteiger partial charge in [0, 0.05) is 5.88 Å². The van der Waals surface area contributed by atoms with Crippen LogP contribution in [0, 0.1) is 5.92 Å². The maximum Gasteiger partial charge on any atom is 0.0251 e. The molecule has 0 unspecified atom stereocenters. The third kappa shape index (κ3) is 3.31. The quantitative estimate of drug-likeness (QED) is 0.519. The van der Waals surface area contributed by atoms with Gasteiger partial charge in [0.15, 0.2) is 0 Å². The fourth-order valence-electron chi connectivity index (χ4n) is 0.799. The second-order valence-corrected chi connectivity index (χ2v) is 2.53. The molecular weight excluding hydrogens is 120 g/mol. The third-order valence-electron chi connectivity index (χ3n) is 1.49. The summed E-state index contributed by atoms with van der Waals surface area (Å²) >= 11 is 5.65. The highest BCUT2D eigenvalue weighted by Gasteiger charge is 2.00. The molecule has 0 aromatic rings. The number of alkyl halides is 1. The van der Waals surface area contributed by atoms with Crippen molar-refractivity contribution in [2.45, 2.75) is 33.1 Å². The standard InChI is InChI=1S/C7H15Cl/c1-3-5-7(4-2)6-8/h7H,3-6H2,1-2H3/t7-/m1/s1. The number of halogens is 1. The lowest BCUT2D eigenvalue weighted by Gasteiger charge is -2.06. The predicted molar refractivity (Wildman–Crippen MR) is 39.4 cm³/mol. The molecule has 0 spiro atoms. The molecule has 0 aromatic carbocycles. The zero-order chi connectivity index (χ0) is 6.41. The van der Waals surface area contributed by atoms with Crippen molar-refractivity contribution >= 4 is 11.6 Å². The lowest BCUT2D eigenvalue weighted by Crippen LogP contribution is -1.98. The molecule has 0 aliphatic carbocycles. The van der Waals surface area contributed by atoms with Gasteiger partial charge in [-0.05, 0) is 12.3 Å². The van der Waals surface area contributed by atoms with Crippen molar-refractivity contribution in [2.75, 3.05) is 5.88 Å². The number of hydrogen-bond acceptors (Lipinski definition) is 0. The van der Waals surface area contributed by atoms with Crippen LogP contribution in [0.25, 0.3) is 0 Å². The van der Waals surface area contributed by atoms with Gasteiger partial charge < -0.3 is 0 Å². The van der Waals surface area contributed by atoms with Gasteiger partial charge in [0.25, 0.3) is 0 Å². The van der Waals surface area contributed by atoms with E-state index in [1.54, 1.807) is 0 Å². The van der Waals surface area contributed by atoms with Crippen LogP contribution in [0.1, 0.15) is 33.1 Å². The molecule has 0 nitrogen and oxygen atoms in total. The van der Waals surface area contributed by atoms with Crippen molar-refractivity contribution in [1.29, 1.82) is 0 Å². The SMILES string of the molecule is CCC[C@@H](CC)CCl. The second kappa shape index (κ2) is 5.43. The highest BCUT2D eigenvalue weighted by Crippen LogP contribution is 2.11. The first-order chi connectivity index (χ1) is 3.85. The Balaban J connectivity index is 3.07. The minimum atomic E-state index is 0.765. The lowest BCUT2D eigenvalue weighted by atomic mass is 10.0. The molecule has 0 N–H and O–H groups in total. The zero-order valence-electron chi connectivity index (χ0n) is 5.78. The Bertz CT molecular complexity index is 39.7. The van der Waals surface area contributed by atoms with Gasteiger partial charge in [0.2, 0.25) is 0 Å². The van der Waals surface area contributed by atoms with E-state index in [1.807, 2.05) is 0 Å². The molecule has 0 bridgehead atoms. The topological polar surface area (TPSA) is 0 Å². The summed E-state index contributed by atoms with van der Waals surface area (Å²) in [5, 5.41) is 0. The molecule has 50 valence electrons. The van der Waals surface area contributed by atoms with Crippen LogP contribution in [-0.4, -0.2) is 5.88 Å². The predicted octanol–water partition coefficient (Wildman–Crippen LogP) is 3.05. The Hall–Kier alpha value is 0.290. The maximum absolute atomic E-state index is 5.65. The molecule has 0 saturated heterocycles. The van der Waals surface area contributed by atoms with Gasteiger partial charge in [-0.25, -0.2) is 0 Å². The van der Waals surface area contributed by atoms with Crippen molar-refractivity contribution in [1.82, 2.24) is 0 Å². The van der Waals surface area contributed by atoms with Gasteiger partial charge in [0.05, 0.1) is 0 Å². The summed E-state index contributed by atoms with van der Waals surface area (Å²) in [6.45, 7) is 4.40. The summed E-state index contributed by atoms with van der Waals surface area (Å²) in [5.41, 5.74) is 0. The Morgan fingerprint density at radius 3 is 2.12 bits per heavy atom. The monoisotopic (exact) mass is 134 g/mol. The molecule has 0 rings (SSSR count). The van der Waals surface area contributed by atoms with E-state index in [-0.39, 0.29) is 0 Å². The van der Waals surface area contributed by atoms with Crippen LogP contribution in [0.5, 0.6) is 0 Å². The molecule has 0 heterocycles. The summed E-state index contributed by atoms with van der Waals surface area (Å²) in [5.74, 6) is 1.60. The molecule has 0 saturated carbocycles. The first-order valence-corrected chi connectivity index (χ1v) is 3.94. The first kappa shape index (κ1) is 8.29. The molecule has 1 atom stereocenters. The van der Waals surface area contributed by atoms with Crippen LogP contribution >= 0.6 is 11.6 Å². The van der Waals surface area contributed by atoms with Gasteiger partial charge in [-0.15, -0.1) is 11.6 Å². The summed E-state index contributed by atoms with van der Waals surface area (Å²) in [6, 6.07) is 0. The largest absolute Gasteiger partial charge is 0.126 e. The van der Waals surface area contributed by atoms with E-state index < -0.39 is 0 Å². The van der Waals surface area contributed by atoms with Crippen molar-refractivity contribution in [3.63, 3.8) is 0 Å². The molecule has 0 aromatic heterocycles. The second-order valence-electron chi connectivity index (χ2n) is 2.22. The fourth-order valence-corrected chi connectivity index (χ4v) is 1.17. The summed E-state index contributed by atoms with van der Waals surface area (Å²) in [4.78, 5) is 0. The minimum absolute atomic E-state index is 0.765. The molecule has 8 heavy (non-hydrogen) atoms. The molecule has 0 fully saturated rings. The molecule has 1 heteroatoms. The van der Waals surface area contributed by atoms with E-state index >= 15 is 0 Å². The van der Waals surface area contributed by atoms with Gasteiger partial charge >= 0.3 is 0 Å². The van der Waals surface area contributed by atoms with Crippen molar-refractivity contribution in [3.05, 3.63) is 0 Å². The van der Waals surface area contributed by atoms with Crippen molar-refractivity contribution in [3.8, 4) is 0 Å². The average molecular weight is 135 g/mol. The highest BCUT2D eigenvalue weighted by atomic mass is 35.5. The molecule has 0 aliphatic rings. The lowest BCUT2D eigenvalue weighted by molar-refractivity contribution is 0.515. The molecule has 0 amide bonds. The van der Waals surface area contributed by atoms with E-state index in [1.165, 1.54) is 19.3 Å². The zero-order valence-corrected chi connectivity index (χ0v) is 6.54. The molecule has 0 radical (unpaired) electrons. The van der Waals surface area contributed by atoms with Crippen LogP contribution < -0.4 is 0 Å². The van der Waals surface area contributed by atoms with Gasteiger partial charge in [0.1, 0.15) is 0 Å². The van der Waals surface area contributed by atoms with Crippen LogP contribution in [-0.2, 0) is 0 Å². The maximum atomic E-state index is 5.65. The van der Waals surface area contributed by atoms with Gasteiger partial charge in [-0.1, -0.05) is 26.7 Å². The van der Waals surface area contributed by atoms with E-state index in [4.69, 9.17) is 11.6 Å². The molecule has 0 aliphatic heterocycles. The Morgan fingerprint density at radius 2 is 2.00 bits per heavy atom. The Labute approximate surface area is 57.2 Å². The smallest absolute Gasteiger partial charge is 0.0251 e. The van der Waals surface area contributed by atoms with Crippen LogP contribution in [0.2, 0.25) is 0 Å². The summed E-state index contributed by atoms with van der Waals surface area (Å²) in [6.07, 6.45) is 3.79. The van der Waals surface area contributed by atoms with Crippen molar-refractivity contribution in [2.24, 2.45) is 5.92 Å². The van der Waals surface area contributed by atoms with Crippen LogP contribution in [0.4, 0.5) is 0 Å². The minimum Gasteiger partial charge on any atom is -0.126 e. The number of hydrogen-bond donors (Lipinski definition) is 0. The summed E-state index contributed by atoms with van der Waals surface area (Å²) < 4.78 is 0. The van der Waals surface area contributed by atoms with Crippen LogP contribution in [0.3, 0.4) is 0 Å². The third-order valence-corrected chi connectivity index (χ3v) is 1.93. The Morgan fingerprint density at radius 1 is 1.38 bits per heavy atom. The highest BCUT2D eigenvalue weighted by molar-refractivity contribution is 6.18. The van der Waals surface area contributed by atoms with E-state index in [2.05, 4.69) is 13.8 Å². The fraction of sp³-hybridized carbons (Fsp3) is 1.00. The molecular formula is C7H15Cl. The van der Waals surface area contributed by atoms with Gasteiger partial charge in [-0.3, -0.25) is 0 Å². The Kier molecular flexibility index (Phi) is 5.62. The van der Waals surface area contributed by atoms with E-state index in [0.29, 0.717) is 0 Å². The van der Waals surface area contributed by atoms with E-state index in [9.17, 15) is 0 Å². The van der Waals surface area contributed by atoms with Gasteiger partial charge in [-0.2, -0.15) is 0 Å². The van der Waals surface area contributed by atoms with Crippen molar-refractivity contribution < 1.29 is 0 Å². The summed E-state index contributed by atoms with van der Waals surface area (Å²) in [7, 11) is 0. The number of rotatable bonds is 4.